The van der Waals surface area contributed by atoms with Gasteiger partial charge in [-0.1, -0.05) is 19.9 Å². The van der Waals surface area contributed by atoms with Crippen LogP contribution in [0.15, 0.2) is 51.9 Å². The molecule has 0 saturated carbocycles. The van der Waals surface area contributed by atoms with Crippen molar-refractivity contribution in [2.45, 2.75) is 41.5 Å². The van der Waals surface area contributed by atoms with E-state index in [1.807, 2.05) is 65.8 Å². The van der Waals surface area contributed by atoms with E-state index in [1.54, 1.807) is 12.1 Å². The molecule has 0 unspecified atom stereocenters. The smallest absolute Gasteiger partial charge is 0.336 e. The fraction of sp³-hybridized carbons (Fsp3) is 0.300. The summed E-state index contributed by atoms with van der Waals surface area (Å²) in [6.07, 6.45) is 0. The number of aryl methyl sites for hydroxylation is 2. The Hall–Kier alpha value is -3.93. The molecule has 2 N–H and O–H groups in total. The van der Waals surface area contributed by atoms with E-state index in [9.17, 15) is 14.7 Å². The highest BCUT2D eigenvalue weighted by Crippen LogP contribution is 2.43. The molecule has 0 aromatic heterocycles. The summed E-state index contributed by atoms with van der Waals surface area (Å²) in [6.45, 7) is 13.1. The first kappa shape index (κ1) is 25.2. The molecule has 0 saturated heterocycles. The second kappa shape index (κ2) is 9.97. The number of carboxylic acids is 1. The standard InChI is InChI=1S/C30H32N2O4/c1-7-31-24-14-26-22(11-17(24)5)28(23-12-18(6)25(32-8-2)15-27(23)36-26)21-13-19(29(33)16(3)4)9-10-20(21)30(34)35/h9-16,31H,7-8H2,1-6H3,(H,34,35)/b32-25-. The first-order chi connectivity index (χ1) is 17.2. The molecule has 0 atom stereocenters. The summed E-state index contributed by atoms with van der Waals surface area (Å²) in [4.78, 5) is 29.8. The van der Waals surface area contributed by atoms with Crippen LogP contribution in [-0.2, 0) is 0 Å². The third-order valence-electron chi connectivity index (χ3n) is 6.41. The van der Waals surface area contributed by atoms with Gasteiger partial charge in [-0.05, 0) is 68.7 Å². The van der Waals surface area contributed by atoms with Crippen molar-refractivity contribution in [3.63, 3.8) is 0 Å². The molecule has 186 valence electrons. The van der Waals surface area contributed by atoms with E-state index in [0.29, 0.717) is 29.0 Å². The minimum Gasteiger partial charge on any atom is -0.478 e. The Morgan fingerprint density at radius 1 is 1.00 bits per heavy atom. The zero-order valence-electron chi connectivity index (χ0n) is 21.7. The molecule has 6 heteroatoms. The Morgan fingerprint density at radius 2 is 1.75 bits per heavy atom. The lowest BCUT2D eigenvalue weighted by Crippen LogP contribution is -2.11. The number of nitrogens with zero attached hydrogens (tertiary/aromatic N) is 1. The topological polar surface area (TPSA) is 91.9 Å². The van der Waals surface area contributed by atoms with Crippen LogP contribution in [0.5, 0.6) is 0 Å². The van der Waals surface area contributed by atoms with Gasteiger partial charge in [-0.2, -0.15) is 0 Å². The molecule has 2 aliphatic rings. The summed E-state index contributed by atoms with van der Waals surface area (Å²) in [7, 11) is 0. The largest absolute Gasteiger partial charge is 0.478 e. The van der Waals surface area contributed by atoms with Crippen LogP contribution in [0.2, 0.25) is 0 Å². The molecule has 2 aromatic carbocycles. The van der Waals surface area contributed by atoms with Gasteiger partial charge in [0, 0.05) is 58.9 Å². The Morgan fingerprint density at radius 3 is 2.39 bits per heavy atom. The lowest BCUT2D eigenvalue weighted by molar-refractivity contribution is 0.0697. The van der Waals surface area contributed by atoms with Gasteiger partial charge in [0.1, 0.15) is 11.3 Å². The summed E-state index contributed by atoms with van der Waals surface area (Å²) in [6, 6.07) is 12.7. The number of hydrogen-bond donors (Lipinski definition) is 2. The summed E-state index contributed by atoms with van der Waals surface area (Å²) < 4.78 is 6.39. The van der Waals surface area contributed by atoms with Crippen molar-refractivity contribution in [3.8, 4) is 22.5 Å². The highest BCUT2D eigenvalue weighted by Gasteiger charge is 2.24. The molecule has 0 fully saturated rings. The van der Waals surface area contributed by atoms with Gasteiger partial charge in [-0.3, -0.25) is 9.79 Å². The summed E-state index contributed by atoms with van der Waals surface area (Å²) >= 11 is 0. The van der Waals surface area contributed by atoms with Crippen LogP contribution in [0, 0.1) is 19.8 Å². The zero-order valence-corrected chi connectivity index (χ0v) is 21.7. The molecule has 36 heavy (non-hydrogen) atoms. The zero-order chi connectivity index (χ0) is 26.1. The summed E-state index contributed by atoms with van der Waals surface area (Å²) in [5.74, 6) is -0.684. The number of nitrogens with one attached hydrogen (secondary N) is 1. The predicted octanol–water partition coefficient (Wildman–Crippen LogP) is 6.71. The van der Waals surface area contributed by atoms with Gasteiger partial charge in [0.15, 0.2) is 5.78 Å². The molecule has 1 heterocycles. The Kier molecular flexibility index (Phi) is 6.97. The number of Topliss-reactive ketones (excluding diaryl/α,β-unsaturated/α-hetero) is 1. The third kappa shape index (κ3) is 4.51. The highest BCUT2D eigenvalue weighted by molar-refractivity contribution is 6.10. The quantitative estimate of drug-likeness (QED) is 0.225. The van der Waals surface area contributed by atoms with Crippen LogP contribution in [0.3, 0.4) is 0 Å². The van der Waals surface area contributed by atoms with Crippen molar-refractivity contribution in [1.29, 1.82) is 0 Å². The number of hydrogen-bond acceptors (Lipinski definition) is 5. The van der Waals surface area contributed by atoms with Crippen LogP contribution in [0.4, 0.5) is 5.69 Å². The number of ketones is 1. The fourth-order valence-electron chi connectivity index (χ4n) is 4.62. The van der Waals surface area contributed by atoms with E-state index >= 15 is 0 Å². The maximum Gasteiger partial charge on any atom is 0.336 e. The number of rotatable bonds is 7. The number of carbonyl (C=O) groups is 2. The van der Waals surface area contributed by atoms with E-state index < -0.39 is 5.97 Å². The maximum atomic E-state index is 12.9. The molecule has 0 spiro atoms. The number of fused-ring (bicyclic) bond motifs is 2. The van der Waals surface area contributed by atoms with Crippen molar-refractivity contribution < 1.29 is 19.1 Å². The SMILES string of the molecule is CC/N=c1/cc2oc3cc(NCC)c(C)cc3c(-c3cc(C(=O)C(C)C)ccc3C(=O)O)c-2cc1C. The molecule has 1 aliphatic heterocycles. The van der Waals surface area contributed by atoms with E-state index in [0.717, 1.165) is 45.2 Å². The first-order valence-electron chi connectivity index (χ1n) is 12.3. The lowest BCUT2D eigenvalue weighted by Gasteiger charge is -2.20. The Balaban J connectivity index is 2.21. The van der Waals surface area contributed by atoms with Gasteiger partial charge in [-0.15, -0.1) is 0 Å². The van der Waals surface area contributed by atoms with Crippen molar-refractivity contribution in [3.05, 3.63) is 70.1 Å². The number of aromatic carboxylic acids is 1. The molecule has 0 amide bonds. The van der Waals surface area contributed by atoms with Crippen LogP contribution >= 0.6 is 0 Å². The van der Waals surface area contributed by atoms with Gasteiger partial charge in [0.25, 0.3) is 0 Å². The molecule has 6 nitrogen and oxygen atoms in total. The van der Waals surface area contributed by atoms with Crippen LogP contribution in [-0.4, -0.2) is 29.9 Å². The minimum absolute atomic E-state index is 0.0340. The Bertz CT molecular complexity index is 1530. The van der Waals surface area contributed by atoms with E-state index in [2.05, 4.69) is 10.3 Å². The van der Waals surface area contributed by atoms with Gasteiger partial charge in [0.05, 0.1) is 10.9 Å². The normalized spacial score (nSPS) is 12.0. The number of carboxylic acid groups (broad SMARTS) is 1. The summed E-state index contributed by atoms with van der Waals surface area (Å²) in [5.41, 5.74) is 6.19. The molecule has 2 aromatic rings. The minimum atomic E-state index is -1.05. The van der Waals surface area contributed by atoms with Crippen LogP contribution in [0.25, 0.3) is 33.4 Å². The van der Waals surface area contributed by atoms with Gasteiger partial charge < -0.3 is 14.8 Å². The molecule has 1 aliphatic carbocycles. The second-order valence-corrected chi connectivity index (χ2v) is 9.36. The van der Waals surface area contributed by atoms with Gasteiger partial charge >= 0.3 is 5.97 Å². The molecule has 0 bridgehead atoms. The van der Waals surface area contributed by atoms with Gasteiger partial charge in [-0.25, -0.2) is 4.79 Å². The average Bonchev–Trinajstić information content (AvgIpc) is 2.83. The Labute approximate surface area is 211 Å². The van der Waals surface area contributed by atoms with E-state index in [1.165, 1.54) is 6.07 Å². The molecular weight excluding hydrogens is 452 g/mol. The van der Waals surface area contributed by atoms with Crippen molar-refractivity contribution in [1.82, 2.24) is 0 Å². The number of benzene rings is 3. The van der Waals surface area contributed by atoms with Crippen molar-refractivity contribution >= 4 is 28.4 Å². The fourth-order valence-corrected chi connectivity index (χ4v) is 4.62. The van der Waals surface area contributed by atoms with E-state index in [-0.39, 0.29) is 17.3 Å². The van der Waals surface area contributed by atoms with Crippen LogP contribution in [0.1, 0.15) is 59.5 Å². The number of carbonyl (C=O) groups excluding carboxylic acids is 1. The first-order valence-corrected chi connectivity index (χ1v) is 12.3. The lowest BCUT2D eigenvalue weighted by atomic mass is 9.87. The van der Waals surface area contributed by atoms with E-state index in [4.69, 9.17) is 4.42 Å². The monoisotopic (exact) mass is 484 g/mol. The second-order valence-electron chi connectivity index (χ2n) is 9.36. The van der Waals surface area contributed by atoms with Crippen molar-refractivity contribution in [2.75, 3.05) is 18.4 Å². The molecule has 0 radical (unpaired) electrons. The van der Waals surface area contributed by atoms with Crippen LogP contribution < -0.4 is 10.7 Å². The predicted molar refractivity (Wildman–Crippen MR) is 144 cm³/mol. The average molecular weight is 485 g/mol. The molecular formula is C30H32N2O4. The van der Waals surface area contributed by atoms with Crippen molar-refractivity contribution in [2.24, 2.45) is 10.9 Å². The third-order valence-corrected chi connectivity index (χ3v) is 6.41. The highest BCUT2D eigenvalue weighted by atomic mass is 16.4. The summed E-state index contributed by atoms with van der Waals surface area (Å²) in [5, 5.41) is 15.1. The van der Waals surface area contributed by atoms with Gasteiger partial charge in [0.2, 0.25) is 0 Å². The number of anilines is 1. The molecule has 4 rings (SSSR count). The maximum absolute atomic E-state index is 12.9.